The second-order valence-corrected chi connectivity index (χ2v) is 5.62. The third-order valence-electron chi connectivity index (χ3n) is 4.08. The van der Waals surface area contributed by atoms with E-state index in [0.717, 1.165) is 35.7 Å². The number of ether oxygens (including phenoxy) is 1. The third-order valence-corrected chi connectivity index (χ3v) is 4.08. The van der Waals surface area contributed by atoms with Crippen molar-refractivity contribution in [1.29, 1.82) is 0 Å². The highest BCUT2D eigenvalue weighted by atomic mass is 16.5. The first-order valence-electron chi connectivity index (χ1n) is 7.43. The van der Waals surface area contributed by atoms with Gasteiger partial charge >= 0.3 is 0 Å². The fraction of sp³-hybridized carbons (Fsp3) is 0.438. The van der Waals surface area contributed by atoms with Gasteiger partial charge in [0.25, 0.3) is 0 Å². The molecule has 2 unspecified atom stereocenters. The van der Waals surface area contributed by atoms with E-state index in [-0.39, 0.29) is 6.10 Å². The van der Waals surface area contributed by atoms with Crippen molar-refractivity contribution in [3.05, 3.63) is 30.5 Å². The predicted octanol–water partition coefficient (Wildman–Crippen LogP) is 2.19. The molecule has 5 nitrogen and oxygen atoms in total. The number of nitrogen functional groups attached to an aromatic ring is 1. The maximum absolute atomic E-state index is 6.20. The Morgan fingerprint density at radius 3 is 2.95 bits per heavy atom. The van der Waals surface area contributed by atoms with E-state index in [1.54, 1.807) is 6.20 Å². The largest absolute Gasteiger partial charge is 0.488 e. The van der Waals surface area contributed by atoms with Gasteiger partial charge in [-0.05, 0) is 50.6 Å². The van der Waals surface area contributed by atoms with Gasteiger partial charge in [0.05, 0.1) is 5.69 Å². The van der Waals surface area contributed by atoms with E-state index in [1.165, 1.54) is 6.42 Å². The molecule has 0 spiro atoms. The smallest absolute Gasteiger partial charge is 0.129 e. The van der Waals surface area contributed by atoms with Gasteiger partial charge in [-0.2, -0.15) is 5.10 Å². The second kappa shape index (κ2) is 5.77. The Labute approximate surface area is 125 Å². The van der Waals surface area contributed by atoms with Crippen LogP contribution >= 0.6 is 0 Å². The normalized spacial score (nSPS) is 19.6. The van der Waals surface area contributed by atoms with Crippen molar-refractivity contribution in [1.82, 2.24) is 15.1 Å². The van der Waals surface area contributed by atoms with Crippen LogP contribution in [0.2, 0.25) is 0 Å². The van der Waals surface area contributed by atoms with E-state index < -0.39 is 0 Å². The van der Waals surface area contributed by atoms with Gasteiger partial charge in [0, 0.05) is 30.5 Å². The van der Waals surface area contributed by atoms with E-state index >= 15 is 0 Å². The third kappa shape index (κ3) is 2.88. The van der Waals surface area contributed by atoms with Gasteiger partial charge in [-0.25, -0.2) is 0 Å². The summed E-state index contributed by atoms with van der Waals surface area (Å²) in [6.45, 7) is 3.20. The summed E-state index contributed by atoms with van der Waals surface area (Å²) in [5.74, 6) is 0.856. The molecule has 2 aromatic rings. The van der Waals surface area contributed by atoms with E-state index in [0.29, 0.717) is 6.04 Å². The summed E-state index contributed by atoms with van der Waals surface area (Å²) in [5, 5.41) is 7.71. The molecular formula is C16H22N4O. The molecule has 2 heterocycles. The highest BCUT2D eigenvalue weighted by Gasteiger charge is 2.23. The van der Waals surface area contributed by atoms with Crippen LogP contribution in [0.3, 0.4) is 0 Å². The quantitative estimate of drug-likeness (QED) is 0.846. The van der Waals surface area contributed by atoms with Crippen LogP contribution in [0.5, 0.6) is 5.75 Å². The van der Waals surface area contributed by atoms with Crippen LogP contribution in [0.25, 0.3) is 11.3 Å². The molecule has 3 rings (SSSR count). The SMILES string of the molecule is CC(Oc1ccc(N)cc1-c1ccnn1C)C1CCCN1. The summed E-state index contributed by atoms with van der Waals surface area (Å²) in [4.78, 5) is 0. The van der Waals surface area contributed by atoms with Crippen LogP contribution < -0.4 is 15.8 Å². The standard InChI is InChI=1S/C16H22N4O/c1-11(14-4-3-8-18-14)21-16-6-5-12(17)10-13(16)15-7-9-19-20(15)2/h5-7,9-11,14,18H,3-4,8,17H2,1-2H3. The van der Waals surface area contributed by atoms with Crippen molar-refractivity contribution in [3.63, 3.8) is 0 Å². The van der Waals surface area contributed by atoms with Crippen LogP contribution in [0.1, 0.15) is 19.8 Å². The molecular weight excluding hydrogens is 264 g/mol. The lowest BCUT2D eigenvalue weighted by atomic mass is 10.1. The Balaban J connectivity index is 1.89. The number of benzene rings is 1. The first-order valence-corrected chi connectivity index (χ1v) is 7.43. The molecule has 21 heavy (non-hydrogen) atoms. The van der Waals surface area contributed by atoms with Crippen molar-refractivity contribution in [2.75, 3.05) is 12.3 Å². The molecule has 0 radical (unpaired) electrons. The molecule has 0 aliphatic carbocycles. The molecule has 0 saturated carbocycles. The number of hydrogen-bond donors (Lipinski definition) is 2. The summed E-state index contributed by atoms with van der Waals surface area (Å²) >= 11 is 0. The van der Waals surface area contributed by atoms with Gasteiger partial charge < -0.3 is 15.8 Å². The Hall–Kier alpha value is -2.01. The Bertz CT molecular complexity index is 616. The molecule has 0 bridgehead atoms. The van der Waals surface area contributed by atoms with Crippen molar-refractivity contribution >= 4 is 5.69 Å². The molecule has 1 aromatic carbocycles. The zero-order valence-electron chi connectivity index (χ0n) is 12.5. The summed E-state index contributed by atoms with van der Waals surface area (Å²) in [7, 11) is 1.92. The minimum absolute atomic E-state index is 0.128. The number of aromatic nitrogens is 2. The van der Waals surface area contributed by atoms with E-state index in [1.807, 2.05) is 36.0 Å². The summed E-state index contributed by atoms with van der Waals surface area (Å²) < 4.78 is 8.04. The van der Waals surface area contributed by atoms with Gasteiger partial charge in [-0.15, -0.1) is 0 Å². The lowest BCUT2D eigenvalue weighted by Gasteiger charge is -2.23. The Morgan fingerprint density at radius 2 is 2.29 bits per heavy atom. The van der Waals surface area contributed by atoms with Crippen molar-refractivity contribution in [2.24, 2.45) is 7.05 Å². The second-order valence-electron chi connectivity index (χ2n) is 5.62. The fourth-order valence-electron chi connectivity index (χ4n) is 2.88. The highest BCUT2D eigenvalue weighted by Crippen LogP contribution is 2.32. The maximum Gasteiger partial charge on any atom is 0.129 e. The first-order chi connectivity index (χ1) is 10.1. The first kappa shape index (κ1) is 13.9. The zero-order valence-corrected chi connectivity index (χ0v) is 12.5. The van der Waals surface area contributed by atoms with Crippen molar-refractivity contribution in [2.45, 2.75) is 31.9 Å². The zero-order chi connectivity index (χ0) is 14.8. The Morgan fingerprint density at radius 1 is 1.43 bits per heavy atom. The molecule has 1 saturated heterocycles. The number of nitrogens with one attached hydrogen (secondary N) is 1. The maximum atomic E-state index is 6.20. The monoisotopic (exact) mass is 286 g/mol. The summed E-state index contributed by atoms with van der Waals surface area (Å²) in [5.41, 5.74) is 8.66. The van der Waals surface area contributed by atoms with Gasteiger partial charge in [-0.3, -0.25) is 4.68 Å². The summed E-state index contributed by atoms with van der Waals surface area (Å²) in [6.07, 6.45) is 4.29. The molecule has 5 heteroatoms. The van der Waals surface area contributed by atoms with Crippen LogP contribution in [-0.4, -0.2) is 28.5 Å². The lowest BCUT2D eigenvalue weighted by Crippen LogP contribution is -2.36. The molecule has 1 aliphatic rings. The van der Waals surface area contributed by atoms with Gasteiger partial charge in [0.1, 0.15) is 11.9 Å². The number of aryl methyl sites for hydroxylation is 1. The molecule has 0 amide bonds. The molecule has 1 aliphatic heterocycles. The van der Waals surface area contributed by atoms with Crippen molar-refractivity contribution < 1.29 is 4.74 Å². The van der Waals surface area contributed by atoms with E-state index in [2.05, 4.69) is 17.3 Å². The van der Waals surface area contributed by atoms with Gasteiger partial charge in [0.15, 0.2) is 0 Å². The topological polar surface area (TPSA) is 65.1 Å². The van der Waals surface area contributed by atoms with Crippen molar-refractivity contribution in [3.8, 4) is 17.0 Å². The van der Waals surface area contributed by atoms with Crippen LogP contribution in [-0.2, 0) is 7.05 Å². The van der Waals surface area contributed by atoms with Crippen LogP contribution in [0, 0.1) is 0 Å². The number of anilines is 1. The minimum Gasteiger partial charge on any atom is -0.488 e. The predicted molar refractivity (Wildman–Crippen MR) is 84.2 cm³/mol. The Kier molecular flexibility index (Phi) is 3.84. The van der Waals surface area contributed by atoms with Gasteiger partial charge in [0.2, 0.25) is 0 Å². The molecule has 1 fully saturated rings. The average Bonchev–Trinajstić information content (AvgIpc) is 3.12. The minimum atomic E-state index is 0.128. The highest BCUT2D eigenvalue weighted by molar-refractivity contribution is 5.71. The van der Waals surface area contributed by atoms with Gasteiger partial charge in [-0.1, -0.05) is 0 Å². The van der Waals surface area contributed by atoms with E-state index in [9.17, 15) is 0 Å². The molecule has 2 atom stereocenters. The molecule has 1 aromatic heterocycles. The molecule has 112 valence electrons. The molecule has 3 N–H and O–H groups in total. The fourth-order valence-corrected chi connectivity index (χ4v) is 2.88. The lowest BCUT2D eigenvalue weighted by molar-refractivity contribution is 0.180. The number of nitrogens with two attached hydrogens (primary N) is 1. The number of hydrogen-bond acceptors (Lipinski definition) is 4. The summed E-state index contributed by atoms with van der Waals surface area (Å²) in [6, 6.07) is 8.16. The number of nitrogens with zero attached hydrogens (tertiary/aromatic N) is 2. The van der Waals surface area contributed by atoms with Crippen LogP contribution in [0.15, 0.2) is 30.5 Å². The average molecular weight is 286 g/mol. The van der Waals surface area contributed by atoms with E-state index in [4.69, 9.17) is 10.5 Å². The van der Waals surface area contributed by atoms with Crippen LogP contribution in [0.4, 0.5) is 5.69 Å². The number of rotatable bonds is 4.